The van der Waals surface area contributed by atoms with Gasteiger partial charge in [-0.15, -0.1) is 11.6 Å². The first-order chi connectivity index (χ1) is 7.38. The minimum atomic E-state index is -4.77. The van der Waals surface area contributed by atoms with Crippen LogP contribution in [0.25, 0.3) is 0 Å². The van der Waals surface area contributed by atoms with Gasteiger partial charge in [0.25, 0.3) is 5.56 Å². The molecule has 0 aliphatic rings. The van der Waals surface area contributed by atoms with Gasteiger partial charge in [-0.3, -0.25) is 9.36 Å². The molecule has 0 saturated heterocycles. The molecule has 0 amide bonds. The first kappa shape index (κ1) is 12.8. The second-order valence-corrected chi connectivity index (χ2v) is 3.38. The summed E-state index contributed by atoms with van der Waals surface area (Å²) in [7, 11) is 0. The zero-order chi connectivity index (χ0) is 12.3. The van der Waals surface area contributed by atoms with E-state index in [1.807, 2.05) is 4.98 Å². The lowest BCUT2D eigenvalue weighted by atomic mass is 10.3. The fourth-order valence-corrected chi connectivity index (χ4v) is 1.25. The molecule has 90 valence electrons. The molecule has 0 saturated carbocycles. The van der Waals surface area contributed by atoms with E-state index >= 15 is 0 Å². The second kappa shape index (κ2) is 4.73. The zero-order valence-electron chi connectivity index (χ0n) is 7.97. The Bertz CT molecular complexity index is 477. The van der Waals surface area contributed by atoms with Crippen LogP contribution in [-0.2, 0) is 12.7 Å². The largest absolute Gasteiger partial charge is 0.423 e. The van der Waals surface area contributed by atoms with Crippen LogP contribution in [0.1, 0.15) is 12.0 Å². The molecule has 1 aromatic heterocycles. The molecular formula is C8H8ClF3N2O2. The van der Waals surface area contributed by atoms with Gasteiger partial charge in [-0.25, -0.2) is 4.79 Å². The van der Waals surface area contributed by atoms with E-state index in [0.29, 0.717) is 10.8 Å². The Labute approximate surface area is 92.7 Å². The molecule has 1 rings (SSSR count). The Hall–Kier alpha value is -1.24. The van der Waals surface area contributed by atoms with E-state index in [1.54, 1.807) is 0 Å². The normalized spacial score (nSPS) is 11.8. The number of hydrogen-bond acceptors (Lipinski definition) is 2. The highest BCUT2D eigenvalue weighted by molar-refractivity contribution is 6.17. The number of aromatic amines is 1. The van der Waals surface area contributed by atoms with E-state index < -0.39 is 23.0 Å². The molecule has 1 heterocycles. The molecule has 0 aliphatic carbocycles. The van der Waals surface area contributed by atoms with Crippen LogP contribution in [0.5, 0.6) is 0 Å². The molecule has 0 unspecified atom stereocenters. The van der Waals surface area contributed by atoms with E-state index in [-0.39, 0.29) is 18.8 Å². The maximum atomic E-state index is 12.3. The summed E-state index contributed by atoms with van der Waals surface area (Å²) in [6, 6.07) is 0. The summed E-state index contributed by atoms with van der Waals surface area (Å²) < 4.78 is 37.5. The quantitative estimate of drug-likeness (QED) is 0.826. The molecule has 0 aliphatic heterocycles. The summed E-state index contributed by atoms with van der Waals surface area (Å²) in [6.45, 7) is -0.137. The summed E-state index contributed by atoms with van der Waals surface area (Å²) in [5, 5.41) is 0. The Morgan fingerprint density at radius 2 is 2.00 bits per heavy atom. The molecule has 0 bridgehead atoms. The Kier molecular flexibility index (Phi) is 3.79. The van der Waals surface area contributed by atoms with Crippen LogP contribution >= 0.6 is 11.6 Å². The van der Waals surface area contributed by atoms with Crippen molar-refractivity contribution in [3.8, 4) is 0 Å². The van der Waals surface area contributed by atoms with Gasteiger partial charge in [0.05, 0.1) is 0 Å². The third-order valence-corrected chi connectivity index (χ3v) is 2.15. The standard InChI is InChI=1S/C8H8ClF3N2O2/c9-2-1-3-14-6(15)5(8(10,11)12)4-13-7(14)16/h4H,1-3H2,(H,13,16). The number of aromatic nitrogens is 2. The second-order valence-electron chi connectivity index (χ2n) is 3.00. The van der Waals surface area contributed by atoms with Gasteiger partial charge in [-0.05, 0) is 6.42 Å². The topological polar surface area (TPSA) is 54.9 Å². The number of halogens is 4. The average molecular weight is 257 g/mol. The fourth-order valence-electron chi connectivity index (χ4n) is 1.14. The highest BCUT2D eigenvalue weighted by Crippen LogP contribution is 2.25. The Morgan fingerprint density at radius 1 is 1.38 bits per heavy atom. The van der Waals surface area contributed by atoms with E-state index in [1.165, 1.54) is 0 Å². The van der Waals surface area contributed by atoms with Crippen LogP contribution in [0.2, 0.25) is 0 Å². The lowest BCUT2D eigenvalue weighted by Crippen LogP contribution is -2.39. The van der Waals surface area contributed by atoms with Crippen molar-refractivity contribution in [1.29, 1.82) is 0 Å². The van der Waals surface area contributed by atoms with E-state index in [4.69, 9.17) is 11.6 Å². The molecule has 0 fully saturated rings. The Morgan fingerprint density at radius 3 is 2.50 bits per heavy atom. The molecule has 16 heavy (non-hydrogen) atoms. The molecule has 0 radical (unpaired) electrons. The highest BCUT2D eigenvalue weighted by atomic mass is 35.5. The molecule has 0 aromatic carbocycles. The molecule has 0 atom stereocenters. The van der Waals surface area contributed by atoms with Gasteiger partial charge >= 0.3 is 11.9 Å². The predicted molar refractivity (Wildman–Crippen MR) is 51.7 cm³/mol. The van der Waals surface area contributed by atoms with E-state index in [0.717, 1.165) is 0 Å². The van der Waals surface area contributed by atoms with Gasteiger partial charge in [0.1, 0.15) is 5.56 Å². The lowest BCUT2D eigenvalue weighted by molar-refractivity contribution is -0.139. The summed E-state index contributed by atoms with van der Waals surface area (Å²) in [5.41, 5.74) is -3.61. The van der Waals surface area contributed by atoms with Crippen LogP contribution < -0.4 is 11.2 Å². The average Bonchev–Trinajstić information content (AvgIpc) is 2.15. The Balaban J connectivity index is 3.28. The van der Waals surface area contributed by atoms with Gasteiger partial charge in [0.15, 0.2) is 0 Å². The first-order valence-electron chi connectivity index (χ1n) is 4.33. The van der Waals surface area contributed by atoms with Gasteiger partial charge in [0.2, 0.25) is 0 Å². The van der Waals surface area contributed by atoms with Crippen molar-refractivity contribution in [2.75, 3.05) is 5.88 Å². The fraction of sp³-hybridized carbons (Fsp3) is 0.500. The smallest absolute Gasteiger partial charge is 0.313 e. The zero-order valence-corrected chi connectivity index (χ0v) is 8.73. The first-order valence-corrected chi connectivity index (χ1v) is 4.87. The van der Waals surface area contributed by atoms with Crippen molar-refractivity contribution in [1.82, 2.24) is 9.55 Å². The summed E-state index contributed by atoms with van der Waals surface area (Å²) >= 11 is 5.34. The summed E-state index contributed by atoms with van der Waals surface area (Å²) in [6.07, 6.45) is -4.16. The predicted octanol–water partition coefficient (Wildman–Crippen LogP) is 1.18. The van der Waals surface area contributed by atoms with Gasteiger partial charge in [0, 0.05) is 18.6 Å². The van der Waals surface area contributed by atoms with Gasteiger partial charge < -0.3 is 4.98 Å². The third kappa shape index (κ3) is 2.66. The summed E-state index contributed by atoms with van der Waals surface area (Å²) in [4.78, 5) is 24.3. The number of nitrogens with zero attached hydrogens (tertiary/aromatic N) is 1. The third-order valence-electron chi connectivity index (χ3n) is 1.88. The van der Waals surface area contributed by atoms with Crippen molar-refractivity contribution in [3.63, 3.8) is 0 Å². The molecule has 8 heteroatoms. The van der Waals surface area contributed by atoms with E-state index in [2.05, 4.69) is 0 Å². The number of H-pyrrole nitrogens is 1. The van der Waals surface area contributed by atoms with Crippen molar-refractivity contribution in [2.24, 2.45) is 0 Å². The number of alkyl halides is 4. The molecular weight excluding hydrogens is 249 g/mol. The molecule has 0 spiro atoms. The number of rotatable bonds is 3. The van der Waals surface area contributed by atoms with Crippen LogP contribution in [0.3, 0.4) is 0 Å². The van der Waals surface area contributed by atoms with Crippen molar-refractivity contribution in [2.45, 2.75) is 19.1 Å². The van der Waals surface area contributed by atoms with Crippen LogP contribution in [0, 0.1) is 0 Å². The molecule has 1 aromatic rings. The van der Waals surface area contributed by atoms with Crippen molar-refractivity contribution >= 4 is 11.6 Å². The number of hydrogen-bond donors (Lipinski definition) is 1. The van der Waals surface area contributed by atoms with Crippen molar-refractivity contribution in [3.05, 3.63) is 32.6 Å². The maximum Gasteiger partial charge on any atom is 0.423 e. The summed E-state index contributed by atoms with van der Waals surface area (Å²) in [5.74, 6) is 0.155. The molecule has 4 nitrogen and oxygen atoms in total. The number of nitrogens with one attached hydrogen (secondary N) is 1. The highest BCUT2D eigenvalue weighted by Gasteiger charge is 2.35. The van der Waals surface area contributed by atoms with Crippen molar-refractivity contribution < 1.29 is 13.2 Å². The van der Waals surface area contributed by atoms with Gasteiger partial charge in [-0.1, -0.05) is 0 Å². The monoisotopic (exact) mass is 256 g/mol. The van der Waals surface area contributed by atoms with Crippen LogP contribution in [0.4, 0.5) is 13.2 Å². The van der Waals surface area contributed by atoms with Crippen LogP contribution in [0.15, 0.2) is 15.8 Å². The van der Waals surface area contributed by atoms with Crippen LogP contribution in [-0.4, -0.2) is 15.4 Å². The van der Waals surface area contributed by atoms with Gasteiger partial charge in [-0.2, -0.15) is 13.2 Å². The van der Waals surface area contributed by atoms with E-state index in [9.17, 15) is 22.8 Å². The minimum Gasteiger partial charge on any atom is -0.313 e. The SMILES string of the molecule is O=c1[nH]cc(C(F)(F)F)c(=O)n1CCCCl. The molecule has 1 N–H and O–H groups in total. The maximum absolute atomic E-state index is 12.3. The minimum absolute atomic E-state index is 0.137. The lowest BCUT2D eigenvalue weighted by Gasteiger charge is -2.08.